The molecule has 2 aromatic heterocycles. The van der Waals surface area contributed by atoms with Crippen LogP contribution in [0.2, 0.25) is 0 Å². The van der Waals surface area contributed by atoms with Gasteiger partial charge in [0.25, 0.3) is 0 Å². The van der Waals surface area contributed by atoms with E-state index < -0.39 is 0 Å². The van der Waals surface area contributed by atoms with E-state index in [0.717, 1.165) is 58.5 Å². The van der Waals surface area contributed by atoms with Crippen molar-refractivity contribution in [1.82, 2.24) is 4.98 Å². The largest absolute Gasteiger partial charge is 0.512 e. The topological polar surface area (TPSA) is 59.4 Å². The number of carbonyl (C=O) groups is 1. The Kier molecular flexibility index (Phi) is 12.8. The van der Waals surface area contributed by atoms with E-state index in [1.165, 1.54) is 28.0 Å². The van der Waals surface area contributed by atoms with Crippen LogP contribution >= 0.6 is 11.3 Å². The van der Waals surface area contributed by atoms with Crippen LogP contribution in [-0.2, 0) is 35.1 Å². The molecular formula is C45H54IrNO3S-. The average molecular weight is 881 g/mol. The monoisotopic (exact) mass is 881 g/mol. The summed E-state index contributed by atoms with van der Waals surface area (Å²) in [7, 11) is 0. The summed E-state index contributed by atoms with van der Waals surface area (Å²) in [6.45, 7) is 21.0. The van der Waals surface area contributed by atoms with Gasteiger partial charge in [0, 0.05) is 59.6 Å². The Hall–Kier alpha value is -3.31. The van der Waals surface area contributed by atoms with E-state index in [1.54, 1.807) is 11.3 Å². The summed E-state index contributed by atoms with van der Waals surface area (Å²) in [6, 6.07) is 16.7. The fourth-order valence-corrected chi connectivity index (χ4v) is 7.53. The minimum atomic E-state index is -0.337. The second kappa shape index (κ2) is 16.1. The zero-order valence-electron chi connectivity index (χ0n) is 31.9. The summed E-state index contributed by atoms with van der Waals surface area (Å²) in [5, 5.41) is 15.9. The van der Waals surface area contributed by atoms with Gasteiger partial charge in [0.05, 0.1) is 0 Å². The number of benzene rings is 2. The van der Waals surface area contributed by atoms with Gasteiger partial charge in [0.1, 0.15) is 22.5 Å². The van der Waals surface area contributed by atoms with Crippen LogP contribution in [-0.4, -0.2) is 22.0 Å². The molecule has 4 nitrogen and oxygen atoms in total. The number of fused-ring (bicyclic) bond motifs is 3. The zero-order chi connectivity index (χ0) is 36.4. The number of aromatic nitrogens is 1. The van der Waals surface area contributed by atoms with Crippen molar-refractivity contribution in [1.29, 1.82) is 0 Å². The fourth-order valence-electron chi connectivity index (χ4n) is 6.58. The van der Waals surface area contributed by atoms with E-state index in [0.29, 0.717) is 0 Å². The molecule has 51 heavy (non-hydrogen) atoms. The third kappa shape index (κ3) is 8.35. The molecule has 0 amide bonds. The number of carbonyl (C=O) groups excluding carboxylic acids is 1. The number of aliphatic hydroxyl groups excluding tert-OH is 1. The van der Waals surface area contributed by atoms with Crippen LogP contribution in [0.25, 0.3) is 38.0 Å². The molecule has 6 rings (SSSR count). The molecule has 6 heteroatoms. The zero-order valence-corrected chi connectivity index (χ0v) is 35.2. The standard InChI is InChI=1S/C30H26NOS.C15H28O2.Ir/c1-18-17-33-29-28(18)23(27-15-20-10-6-8-12-26(20)32-27)16-25(31-29)21-13-19-9-5-7-11-22(19)24(14-21)30(2,3)4;1-7-14(5,8-2)12(16)11-13(17)15(6,9-3)10-4;/h5-12,14-17,20,26H,1-4H3;11,16H,7-10H2,1-6H3;/q-1;;/b;12-11-;. The van der Waals surface area contributed by atoms with Gasteiger partial charge in [0.2, 0.25) is 0 Å². The van der Waals surface area contributed by atoms with Crippen molar-refractivity contribution in [2.45, 2.75) is 106 Å². The van der Waals surface area contributed by atoms with Crippen LogP contribution in [0.5, 0.6) is 0 Å². The van der Waals surface area contributed by atoms with Gasteiger partial charge in [-0.15, -0.1) is 40.5 Å². The second-order valence-electron chi connectivity index (χ2n) is 15.4. The number of hydrogen-bond donors (Lipinski definition) is 1. The van der Waals surface area contributed by atoms with Gasteiger partial charge >= 0.3 is 0 Å². The Balaban J connectivity index is 0.000000279. The number of ketones is 1. The molecule has 3 heterocycles. The van der Waals surface area contributed by atoms with E-state index in [-0.39, 0.29) is 59.9 Å². The first kappa shape index (κ1) is 40.5. The molecule has 2 unspecified atom stereocenters. The maximum Gasteiger partial charge on any atom is 0.164 e. The van der Waals surface area contributed by atoms with Crippen molar-refractivity contribution in [3.05, 3.63) is 107 Å². The number of thiophene rings is 1. The van der Waals surface area contributed by atoms with Gasteiger partial charge in [-0.2, -0.15) is 0 Å². The van der Waals surface area contributed by atoms with Gasteiger partial charge in [-0.25, -0.2) is 0 Å². The number of aryl methyl sites for hydroxylation is 1. The van der Waals surface area contributed by atoms with Crippen molar-refractivity contribution in [2.24, 2.45) is 16.7 Å². The van der Waals surface area contributed by atoms with Gasteiger partial charge < -0.3 is 9.84 Å². The summed E-state index contributed by atoms with van der Waals surface area (Å²) < 4.78 is 6.41. The van der Waals surface area contributed by atoms with E-state index in [4.69, 9.17) is 9.72 Å². The molecule has 0 bridgehead atoms. The minimum absolute atomic E-state index is 0. The Morgan fingerprint density at radius 3 is 2.24 bits per heavy atom. The molecule has 1 N–H and O–H groups in total. The number of ether oxygens (including phenoxy) is 1. The van der Waals surface area contributed by atoms with Gasteiger partial charge in [0.15, 0.2) is 5.78 Å². The van der Waals surface area contributed by atoms with Gasteiger partial charge in [-0.05, 0) is 61.1 Å². The normalized spacial score (nSPS) is 17.4. The Labute approximate surface area is 323 Å². The van der Waals surface area contributed by atoms with Crippen molar-refractivity contribution in [3.8, 4) is 11.3 Å². The summed E-state index contributed by atoms with van der Waals surface area (Å²) in [6.07, 6.45) is 15.6. The number of aliphatic hydroxyl groups is 1. The second-order valence-corrected chi connectivity index (χ2v) is 16.3. The predicted octanol–water partition coefficient (Wildman–Crippen LogP) is 12.7. The summed E-state index contributed by atoms with van der Waals surface area (Å²) in [5.74, 6) is 1.53. The van der Waals surface area contributed by atoms with E-state index in [9.17, 15) is 9.90 Å². The summed E-state index contributed by atoms with van der Waals surface area (Å²) >= 11 is 1.70. The maximum atomic E-state index is 12.2. The van der Waals surface area contributed by atoms with E-state index in [2.05, 4.69) is 106 Å². The molecule has 0 spiro atoms. The SMILES string of the molecule is CCC(C)(CC)C(=O)/C=C(\O)C(C)(CC)CC.Cc1csc2nc(-c3[c-]c4ccccc4c(C(C)(C)C)c3)cc(C3=CC4C=CC=CC4O3)c12.[Ir]. The predicted molar refractivity (Wildman–Crippen MR) is 213 cm³/mol. The molecule has 4 aromatic rings. The number of hydrogen-bond acceptors (Lipinski definition) is 5. The maximum absolute atomic E-state index is 12.2. The van der Waals surface area contributed by atoms with Crippen molar-refractivity contribution in [2.75, 3.05) is 0 Å². The molecule has 0 saturated heterocycles. The van der Waals surface area contributed by atoms with Crippen molar-refractivity contribution >= 4 is 43.9 Å². The van der Waals surface area contributed by atoms with Crippen molar-refractivity contribution in [3.63, 3.8) is 0 Å². The Bertz CT molecular complexity index is 2000. The molecule has 0 saturated carbocycles. The first-order valence-electron chi connectivity index (χ1n) is 18.2. The van der Waals surface area contributed by atoms with Gasteiger partial charge in [-0.1, -0.05) is 116 Å². The smallest absolute Gasteiger partial charge is 0.164 e. The number of pyridine rings is 1. The van der Waals surface area contributed by atoms with Crippen LogP contribution < -0.4 is 0 Å². The molecule has 1 radical (unpaired) electrons. The summed E-state index contributed by atoms with van der Waals surface area (Å²) in [4.78, 5) is 18.3. The van der Waals surface area contributed by atoms with Crippen LogP contribution in [0.15, 0.2) is 84.0 Å². The third-order valence-electron chi connectivity index (χ3n) is 11.2. The minimum Gasteiger partial charge on any atom is -0.512 e. The fraction of sp³-hybridized carbons (Fsp3) is 0.422. The molecule has 2 aromatic carbocycles. The number of allylic oxidation sites excluding steroid dienone is 4. The molecule has 0 fully saturated rings. The number of nitrogens with zero attached hydrogens (tertiary/aromatic N) is 1. The quantitative estimate of drug-likeness (QED) is 0.103. The molecule has 1 aliphatic heterocycles. The molecule has 2 atom stereocenters. The molecular weight excluding hydrogens is 827 g/mol. The van der Waals surface area contributed by atoms with Gasteiger partial charge in [-0.3, -0.25) is 9.78 Å². The molecule has 273 valence electrons. The first-order valence-corrected chi connectivity index (χ1v) is 19.1. The summed E-state index contributed by atoms with van der Waals surface area (Å²) in [5.41, 5.74) is 5.08. The van der Waals surface area contributed by atoms with E-state index in [1.807, 2.05) is 41.5 Å². The molecule has 2 aliphatic rings. The average Bonchev–Trinajstić information content (AvgIpc) is 3.73. The van der Waals surface area contributed by atoms with Crippen LogP contribution in [0.1, 0.15) is 105 Å². The van der Waals surface area contributed by atoms with E-state index >= 15 is 0 Å². The van der Waals surface area contributed by atoms with Crippen molar-refractivity contribution < 1.29 is 34.7 Å². The Morgan fingerprint density at radius 2 is 1.61 bits per heavy atom. The van der Waals surface area contributed by atoms with Crippen LogP contribution in [0.4, 0.5) is 0 Å². The van der Waals surface area contributed by atoms with Crippen LogP contribution in [0.3, 0.4) is 0 Å². The molecule has 1 aliphatic carbocycles. The number of rotatable bonds is 9. The third-order valence-corrected chi connectivity index (χ3v) is 12.2. The first-order chi connectivity index (χ1) is 23.7. The Morgan fingerprint density at radius 1 is 0.961 bits per heavy atom. The van der Waals surface area contributed by atoms with Crippen LogP contribution in [0, 0.1) is 29.7 Å².